The van der Waals surface area contributed by atoms with Crippen LogP contribution in [0, 0.1) is 5.92 Å². The minimum absolute atomic E-state index is 0.0253. The standard InChI is InChI=1S/C20H27ClO3/c1-7-23-18-14(13(4)8-9-22)10-15-16(12(2)3)11-20(5,6)24-19(15)17(18)21/h8,10-12,22H,7,9H2,1-6H3. The Hall–Kier alpha value is -1.45. The third-order valence-corrected chi connectivity index (χ3v) is 4.43. The Morgan fingerprint density at radius 3 is 2.62 bits per heavy atom. The number of fused-ring (bicyclic) bond motifs is 1. The molecule has 0 amide bonds. The summed E-state index contributed by atoms with van der Waals surface area (Å²) in [6.07, 6.45) is 3.92. The molecule has 0 spiro atoms. The van der Waals surface area contributed by atoms with Crippen molar-refractivity contribution in [2.45, 2.75) is 47.1 Å². The first kappa shape index (κ1) is 18.9. The van der Waals surface area contributed by atoms with Crippen molar-refractivity contribution in [1.82, 2.24) is 0 Å². The molecule has 3 nitrogen and oxygen atoms in total. The van der Waals surface area contributed by atoms with Gasteiger partial charge in [-0.2, -0.15) is 0 Å². The van der Waals surface area contributed by atoms with Gasteiger partial charge >= 0.3 is 0 Å². The quantitative estimate of drug-likeness (QED) is 0.778. The molecule has 0 atom stereocenters. The Labute approximate surface area is 149 Å². The molecule has 2 rings (SSSR count). The zero-order chi connectivity index (χ0) is 18.1. The second kappa shape index (κ2) is 7.20. The molecule has 0 radical (unpaired) electrons. The Bertz CT molecular complexity index is 685. The van der Waals surface area contributed by atoms with Crippen LogP contribution < -0.4 is 9.47 Å². The number of hydrogen-bond donors (Lipinski definition) is 1. The van der Waals surface area contributed by atoms with E-state index in [4.69, 9.17) is 21.1 Å². The lowest BCUT2D eigenvalue weighted by atomic mass is 9.86. The molecule has 0 unspecified atom stereocenters. The SMILES string of the molecule is CCOc1c(C(C)=CCO)cc2c(c1Cl)OC(C)(C)C=C2C(C)C. The summed E-state index contributed by atoms with van der Waals surface area (Å²) in [7, 11) is 0. The summed E-state index contributed by atoms with van der Waals surface area (Å²) in [4.78, 5) is 0. The molecule has 0 saturated carbocycles. The smallest absolute Gasteiger partial charge is 0.150 e. The van der Waals surface area contributed by atoms with Crippen LogP contribution in [0.5, 0.6) is 11.5 Å². The van der Waals surface area contributed by atoms with Crippen LogP contribution >= 0.6 is 11.6 Å². The fourth-order valence-electron chi connectivity index (χ4n) is 2.98. The molecular formula is C20H27ClO3. The number of halogens is 1. The van der Waals surface area contributed by atoms with E-state index in [1.54, 1.807) is 6.08 Å². The Morgan fingerprint density at radius 2 is 2.08 bits per heavy atom. The molecule has 0 aliphatic carbocycles. The van der Waals surface area contributed by atoms with Gasteiger partial charge in [-0.3, -0.25) is 0 Å². The van der Waals surface area contributed by atoms with E-state index in [1.807, 2.05) is 27.7 Å². The third-order valence-electron chi connectivity index (χ3n) is 4.09. The second-order valence-electron chi connectivity index (χ2n) is 6.91. The average molecular weight is 351 g/mol. The number of hydrogen-bond acceptors (Lipinski definition) is 3. The molecule has 24 heavy (non-hydrogen) atoms. The van der Waals surface area contributed by atoms with Crippen molar-refractivity contribution in [3.63, 3.8) is 0 Å². The van der Waals surface area contributed by atoms with Crippen molar-refractivity contribution < 1.29 is 14.6 Å². The molecule has 4 heteroatoms. The van der Waals surface area contributed by atoms with Crippen molar-refractivity contribution in [3.05, 3.63) is 34.4 Å². The highest BCUT2D eigenvalue weighted by molar-refractivity contribution is 6.34. The number of aliphatic hydroxyl groups is 1. The number of allylic oxidation sites excluding steroid dienone is 2. The van der Waals surface area contributed by atoms with Gasteiger partial charge in [0.2, 0.25) is 0 Å². The summed E-state index contributed by atoms with van der Waals surface area (Å²) in [5.41, 5.74) is 3.61. The van der Waals surface area contributed by atoms with Gasteiger partial charge in [-0.05, 0) is 56.9 Å². The molecular weight excluding hydrogens is 324 g/mol. The molecule has 1 aromatic rings. The van der Waals surface area contributed by atoms with Gasteiger partial charge in [0.05, 0.1) is 13.2 Å². The largest absolute Gasteiger partial charge is 0.492 e. The monoisotopic (exact) mass is 350 g/mol. The first-order valence-electron chi connectivity index (χ1n) is 8.41. The molecule has 0 fully saturated rings. The maximum absolute atomic E-state index is 9.25. The normalized spacial score (nSPS) is 16.5. The van der Waals surface area contributed by atoms with Gasteiger partial charge < -0.3 is 14.6 Å². The zero-order valence-corrected chi connectivity index (χ0v) is 16.1. The fraction of sp³-hybridized carbons (Fsp3) is 0.500. The molecule has 1 N–H and O–H groups in total. The second-order valence-corrected chi connectivity index (χ2v) is 7.28. The summed E-state index contributed by atoms with van der Waals surface area (Å²) in [6, 6.07) is 2.06. The lowest BCUT2D eigenvalue weighted by molar-refractivity contribution is 0.156. The molecule has 0 saturated heterocycles. The van der Waals surface area contributed by atoms with Gasteiger partial charge in [0.15, 0.2) is 5.75 Å². The lowest BCUT2D eigenvalue weighted by Crippen LogP contribution is -2.30. The number of ether oxygens (including phenoxy) is 2. The van der Waals surface area contributed by atoms with Crippen LogP contribution in [-0.4, -0.2) is 23.9 Å². The highest BCUT2D eigenvalue weighted by Crippen LogP contribution is 2.49. The van der Waals surface area contributed by atoms with Gasteiger partial charge in [0.1, 0.15) is 16.4 Å². The van der Waals surface area contributed by atoms with Crippen LogP contribution in [0.2, 0.25) is 5.02 Å². The van der Waals surface area contributed by atoms with Crippen LogP contribution in [0.3, 0.4) is 0 Å². The Morgan fingerprint density at radius 1 is 1.42 bits per heavy atom. The van der Waals surface area contributed by atoms with Gasteiger partial charge in [-0.25, -0.2) is 0 Å². The lowest BCUT2D eigenvalue weighted by Gasteiger charge is -2.34. The van der Waals surface area contributed by atoms with Crippen LogP contribution in [0.1, 0.15) is 52.7 Å². The van der Waals surface area contributed by atoms with Crippen LogP contribution in [-0.2, 0) is 0 Å². The van der Waals surface area contributed by atoms with E-state index in [1.165, 1.54) is 5.57 Å². The van der Waals surface area contributed by atoms with Gasteiger partial charge in [0, 0.05) is 11.1 Å². The number of rotatable bonds is 5. The molecule has 1 aliphatic heterocycles. The van der Waals surface area contributed by atoms with Crippen molar-refractivity contribution in [3.8, 4) is 11.5 Å². The topological polar surface area (TPSA) is 38.7 Å². The van der Waals surface area contributed by atoms with Crippen molar-refractivity contribution >= 4 is 22.7 Å². The fourth-order valence-corrected chi connectivity index (χ4v) is 3.27. The minimum atomic E-state index is -0.419. The summed E-state index contributed by atoms with van der Waals surface area (Å²) in [5, 5.41) is 9.74. The van der Waals surface area contributed by atoms with Gasteiger partial charge in [0.25, 0.3) is 0 Å². The first-order chi connectivity index (χ1) is 11.2. The molecule has 1 aliphatic rings. The van der Waals surface area contributed by atoms with E-state index < -0.39 is 5.60 Å². The maximum Gasteiger partial charge on any atom is 0.150 e. The van der Waals surface area contributed by atoms with E-state index in [9.17, 15) is 5.11 Å². The average Bonchev–Trinajstić information content (AvgIpc) is 2.49. The van der Waals surface area contributed by atoms with E-state index >= 15 is 0 Å². The van der Waals surface area contributed by atoms with Crippen molar-refractivity contribution in [1.29, 1.82) is 0 Å². The number of aliphatic hydroxyl groups excluding tert-OH is 1. The van der Waals surface area contributed by atoms with Crippen LogP contribution in [0.25, 0.3) is 11.1 Å². The Balaban J connectivity index is 2.77. The molecule has 1 heterocycles. The molecule has 0 bridgehead atoms. The highest BCUT2D eigenvalue weighted by atomic mass is 35.5. The molecule has 0 aromatic heterocycles. The summed E-state index contributed by atoms with van der Waals surface area (Å²) in [6.45, 7) is 12.7. The Kier molecular flexibility index (Phi) is 5.67. The molecule has 132 valence electrons. The predicted molar refractivity (Wildman–Crippen MR) is 101 cm³/mol. The summed E-state index contributed by atoms with van der Waals surface area (Å²) in [5.74, 6) is 1.63. The van der Waals surface area contributed by atoms with E-state index in [-0.39, 0.29) is 6.61 Å². The van der Waals surface area contributed by atoms with Crippen molar-refractivity contribution in [2.24, 2.45) is 5.92 Å². The highest BCUT2D eigenvalue weighted by Gasteiger charge is 2.32. The maximum atomic E-state index is 9.25. The van der Waals surface area contributed by atoms with Gasteiger partial charge in [-0.1, -0.05) is 31.5 Å². The zero-order valence-electron chi connectivity index (χ0n) is 15.4. The van der Waals surface area contributed by atoms with E-state index in [2.05, 4.69) is 26.0 Å². The number of benzene rings is 1. The van der Waals surface area contributed by atoms with Crippen LogP contribution in [0.4, 0.5) is 0 Å². The van der Waals surface area contributed by atoms with Crippen molar-refractivity contribution in [2.75, 3.05) is 13.2 Å². The summed E-state index contributed by atoms with van der Waals surface area (Å²) < 4.78 is 12.0. The third kappa shape index (κ3) is 3.62. The summed E-state index contributed by atoms with van der Waals surface area (Å²) >= 11 is 6.69. The van der Waals surface area contributed by atoms with Crippen LogP contribution in [0.15, 0.2) is 18.2 Å². The minimum Gasteiger partial charge on any atom is -0.492 e. The van der Waals surface area contributed by atoms with E-state index in [0.29, 0.717) is 29.0 Å². The molecule has 1 aromatic carbocycles. The van der Waals surface area contributed by atoms with Gasteiger partial charge in [-0.15, -0.1) is 0 Å². The first-order valence-corrected chi connectivity index (χ1v) is 8.79. The van der Waals surface area contributed by atoms with E-state index in [0.717, 1.165) is 16.7 Å². The predicted octanol–water partition coefficient (Wildman–Crippen LogP) is 5.34.